The van der Waals surface area contributed by atoms with Crippen LogP contribution in [0.2, 0.25) is 0 Å². The van der Waals surface area contributed by atoms with Gasteiger partial charge in [-0.15, -0.1) is 0 Å². The summed E-state index contributed by atoms with van der Waals surface area (Å²) in [6, 6.07) is 6.18. The number of aryl methyl sites for hydroxylation is 1. The molecule has 15 heavy (non-hydrogen) atoms. The SMILES string of the molecule is COc1ccc(N(C)C(C)(C)C)c(C)c1. The van der Waals surface area contributed by atoms with Gasteiger partial charge in [-0.05, 0) is 51.5 Å². The Kier molecular flexibility index (Phi) is 3.28. The average Bonchev–Trinajstić information content (AvgIpc) is 2.15. The molecule has 0 aliphatic rings. The molecule has 0 amide bonds. The molecule has 0 aliphatic heterocycles. The Hall–Kier alpha value is -1.18. The quantitative estimate of drug-likeness (QED) is 0.738. The van der Waals surface area contributed by atoms with Crippen molar-refractivity contribution in [1.82, 2.24) is 0 Å². The van der Waals surface area contributed by atoms with Crippen LogP contribution in [0.3, 0.4) is 0 Å². The van der Waals surface area contributed by atoms with Gasteiger partial charge in [0.05, 0.1) is 7.11 Å². The van der Waals surface area contributed by atoms with E-state index in [0.29, 0.717) is 0 Å². The van der Waals surface area contributed by atoms with Crippen molar-refractivity contribution in [2.45, 2.75) is 33.2 Å². The van der Waals surface area contributed by atoms with Gasteiger partial charge in [0, 0.05) is 18.3 Å². The molecule has 0 N–H and O–H groups in total. The van der Waals surface area contributed by atoms with Gasteiger partial charge in [-0.2, -0.15) is 0 Å². The topological polar surface area (TPSA) is 12.5 Å². The number of ether oxygens (including phenoxy) is 1. The summed E-state index contributed by atoms with van der Waals surface area (Å²) in [4.78, 5) is 2.28. The Bertz CT molecular complexity index is 339. The van der Waals surface area contributed by atoms with E-state index in [-0.39, 0.29) is 5.54 Å². The van der Waals surface area contributed by atoms with Crippen LogP contribution in [-0.2, 0) is 0 Å². The van der Waals surface area contributed by atoms with Gasteiger partial charge in [0.1, 0.15) is 5.75 Å². The van der Waals surface area contributed by atoms with Gasteiger partial charge in [0.2, 0.25) is 0 Å². The molecule has 0 saturated heterocycles. The van der Waals surface area contributed by atoms with Gasteiger partial charge in [0.25, 0.3) is 0 Å². The maximum Gasteiger partial charge on any atom is 0.119 e. The standard InChI is InChI=1S/C13H21NO/c1-10-9-11(15-6)7-8-12(10)14(5)13(2,3)4/h7-9H,1-6H3. The Morgan fingerprint density at radius 1 is 1.20 bits per heavy atom. The monoisotopic (exact) mass is 207 g/mol. The fourth-order valence-corrected chi connectivity index (χ4v) is 1.49. The van der Waals surface area contributed by atoms with Crippen molar-refractivity contribution in [3.63, 3.8) is 0 Å². The summed E-state index contributed by atoms with van der Waals surface area (Å²) in [6.07, 6.45) is 0. The number of nitrogens with zero attached hydrogens (tertiary/aromatic N) is 1. The number of benzene rings is 1. The van der Waals surface area contributed by atoms with E-state index in [1.165, 1.54) is 11.3 Å². The van der Waals surface area contributed by atoms with Crippen LogP contribution in [0, 0.1) is 6.92 Å². The molecule has 0 saturated carbocycles. The zero-order valence-electron chi connectivity index (χ0n) is 10.6. The summed E-state index contributed by atoms with van der Waals surface area (Å²) < 4.78 is 5.20. The first kappa shape index (κ1) is 11.9. The van der Waals surface area contributed by atoms with Crippen LogP contribution in [0.25, 0.3) is 0 Å². The van der Waals surface area contributed by atoms with E-state index in [0.717, 1.165) is 5.75 Å². The predicted octanol–water partition coefficient (Wildman–Crippen LogP) is 3.24. The molecule has 84 valence electrons. The molecule has 1 aromatic carbocycles. The number of hydrogen-bond donors (Lipinski definition) is 0. The van der Waals surface area contributed by atoms with Crippen molar-refractivity contribution >= 4 is 5.69 Å². The van der Waals surface area contributed by atoms with E-state index >= 15 is 0 Å². The molecule has 2 heteroatoms. The van der Waals surface area contributed by atoms with Crippen molar-refractivity contribution in [1.29, 1.82) is 0 Å². The van der Waals surface area contributed by atoms with E-state index in [1.807, 2.05) is 6.07 Å². The van der Waals surface area contributed by atoms with Crippen LogP contribution in [-0.4, -0.2) is 19.7 Å². The van der Waals surface area contributed by atoms with E-state index in [1.54, 1.807) is 7.11 Å². The molecule has 0 heterocycles. The first-order valence-electron chi connectivity index (χ1n) is 5.24. The largest absolute Gasteiger partial charge is 0.497 e. The van der Waals surface area contributed by atoms with Crippen molar-refractivity contribution in [3.05, 3.63) is 23.8 Å². The second-order valence-electron chi connectivity index (χ2n) is 4.88. The summed E-state index contributed by atoms with van der Waals surface area (Å²) in [6.45, 7) is 8.73. The fourth-order valence-electron chi connectivity index (χ4n) is 1.49. The van der Waals surface area contributed by atoms with Crippen LogP contribution >= 0.6 is 0 Å². The maximum atomic E-state index is 5.20. The first-order chi connectivity index (χ1) is 6.86. The smallest absolute Gasteiger partial charge is 0.119 e. The Labute approximate surface area is 92.9 Å². The average molecular weight is 207 g/mol. The highest BCUT2D eigenvalue weighted by molar-refractivity contribution is 5.56. The Morgan fingerprint density at radius 3 is 2.20 bits per heavy atom. The first-order valence-corrected chi connectivity index (χ1v) is 5.24. The van der Waals surface area contributed by atoms with Gasteiger partial charge >= 0.3 is 0 Å². The number of hydrogen-bond acceptors (Lipinski definition) is 2. The summed E-state index contributed by atoms with van der Waals surface area (Å²) in [5, 5.41) is 0. The van der Waals surface area contributed by atoms with E-state index in [2.05, 4.69) is 51.8 Å². The normalized spacial score (nSPS) is 11.3. The van der Waals surface area contributed by atoms with E-state index in [4.69, 9.17) is 4.74 Å². The summed E-state index contributed by atoms with van der Waals surface area (Å²) in [5.41, 5.74) is 2.63. The van der Waals surface area contributed by atoms with Crippen molar-refractivity contribution in [3.8, 4) is 5.75 Å². The highest BCUT2D eigenvalue weighted by Crippen LogP contribution is 2.28. The lowest BCUT2D eigenvalue weighted by molar-refractivity contribution is 0.414. The van der Waals surface area contributed by atoms with Crippen molar-refractivity contribution in [2.24, 2.45) is 0 Å². The Balaban J connectivity index is 3.06. The molecule has 1 rings (SSSR count). The minimum absolute atomic E-state index is 0.138. The molecule has 2 nitrogen and oxygen atoms in total. The molecule has 1 aromatic rings. The van der Waals surface area contributed by atoms with Gasteiger partial charge in [-0.1, -0.05) is 0 Å². The fraction of sp³-hybridized carbons (Fsp3) is 0.538. The number of rotatable bonds is 2. The van der Waals surface area contributed by atoms with Crippen LogP contribution < -0.4 is 9.64 Å². The highest BCUT2D eigenvalue weighted by atomic mass is 16.5. The van der Waals surface area contributed by atoms with Gasteiger partial charge < -0.3 is 9.64 Å². The van der Waals surface area contributed by atoms with Crippen LogP contribution in [0.5, 0.6) is 5.75 Å². The second kappa shape index (κ2) is 4.13. The summed E-state index contributed by atoms with van der Waals surface area (Å²) in [5.74, 6) is 0.915. The molecule has 0 unspecified atom stereocenters. The Morgan fingerprint density at radius 2 is 1.80 bits per heavy atom. The number of anilines is 1. The molecular formula is C13H21NO. The number of methoxy groups -OCH3 is 1. The minimum atomic E-state index is 0.138. The van der Waals surface area contributed by atoms with Gasteiger partial charge in [0.15, 0.2) is 0 Å². The van der Waals surface area contributed by atoms with Gasteiger partial charge in [-0.25, -0.2) is 0 Å². The third-order valence-corrected chi connectivity index (χ3v) is 2.77. The lowest BCUT2D eigenvalue weighted by atomic mass is 10.0. The summed E-state index contributed by atoms with van der Waals surface area (Å²) >= 11 is 0. The molecule has 0 radical (unpaired) electrons. The maximum absolute atomic E-state index is 5.20. The highest BCUT2D eigenvalue weighted by Gasteiger charge is 2.18. The predicted molar refractivity (Wildman–Crippen MR) is 65.9 cm³/mol. The van der Waals surface area contributed by atoms with Crippen LogP contribution in [0.15, 0.2) is 18.2 Å². The molecule has 0 atom stereocenters. The minimum Gasteiger partial charge on any atom is -0.497 e. The molecule has 0 aliphatic carbocycles. The molecule has 0 aromatic heterocycles. The van der Waals surface area contributed by atoms with Crippen LogP contribution in [0.1, 0.15) is 26.3 Å². The second-order valence-corrected chi connectivity index (χ2v) is 4.88. The molecule has 0 spiro atoms. The third kappa shape index (κ3) is 2.65. The summed E-state index contributed by atoms with van der Waals surface area (Å²) in [7, 11) is 3.82. The van der Waals surface area contributed by atoms with Crippen LogP contribution in [0.4, 0.5) is 5.69 Å². The zero-order chi connectivity index (χ0) is 11.6. The van der Waals surface area contributed by atoms with Crippen molar-refractivity contribution < 1.29 is 4.74 Å². The van der Waals surface area contributed by atoms with Gasteiger partial charge in [-0.3, -0.25) is 0 Å². The molecular weight excluding hydrogens is 186 g/mol. The third-order valence-electron chi connectivity index (χ3n) is 2.77. The van der Waals surface area contributed by atoms with E-state index < -0.39 is 0 Å². The lowest BCUT2D eigenvalue weighted by Gasteiger charge is -2.35. The zero-order valence-corrected chi connectivity index (χ0v) is 10.6. The molecule has 0 fully saturated rings. The van der Waals surface area contributed by atoms with E-state index in [9.17, 15) is 0 Å². The van der Waals surface area contributed by atoms with Crippen molar-refractivity contribution in [2.75, 3.05) is 19.1 Å². The molecule has 0 bridgehead atoms. The lowest BCUT2D eigenvalue weighted by Crippen LogP contribution is -2.38.